The minimum Gasteiger partial charge on any atom is -0.379 e. The van der Waals surface area contributed by atoms with Crippen molar-refractivity contribution < 1.29 is 19.1 Å². The van der Waals surface area contributed by atoms with Gasteiger partial charge in [0.1, 0.15) is 0 Å². The van der Waals surface area contributed by atoms with E-state index in [2.05, 4.69) is 45.3 Å². The zero-order valence-corrected chi connectivity index (χ0v) is 21.9. The summed E-state index contributed by atoms with van der Waals surface area (Å²) in [5.74, 6) is 0.194. The maximum atomic E-state index is 12.9. The highest BCUT2D eigenvalue weighted by Gasteiger charge is 2.34. The van der Waals surface area contributed by atoms with Crippen molar-refractivity contribution in [3.8, 4) is 0 Å². The van der Waals surface area contributed by atoms with Gasteiger partial charge in [-0.15, -0.1) is 0 Å². The first-order chi connectivity index (χ1) is 14.2. The quantitative estimate of drug-likeness (QED) is 0.371. The van der Waals surface area contributed by atoms with E-state index in [0.29, 0.717) is 26.4 Å². The van der Waals surface area contributed by atoms with E-state index in [1.165, 1.54) is 0 Å². The van der Waals surface area contributed by atoms with Crippen LogP contribution in [0.5, 0.6) is 0 Å². The smallest absolute Gasteiger partial charge is 0.223 e. The fourth-order valence-electron chi connectivity index (χ4n) is 3.25. The van der Waals surface area contributed by atoms with Gasteiger partial charge in [0.2, 0.25) is 5.91 Å². The molecule has 0 fully saturated rings. The summed E-state index contributed by atoms with van der Waals surface area (Å²) in [5, 5.41) is 6.42. The maximum absolute atomic E-state index is 12.9. The summed E-state index contributed by atoms with van der Waals surface area (Å²) in [6, 6.07) is -0.449. The van der Waals surface area contributed by atoms with Gasteiger partial charge >= 0.3 is 0 Å². The lowest BCUT2D eigenvalue weighted by Crippen LogP contribution is -2.50. The van der Waals surface area contributed by atoms with Gasteiger partial charge in [0, 0.05) is 30.0 Å². The average Bonchev–Trinajstić information content (AvgIpc) is 2.61. The number of ether oxygens (including phenoxy) is 2. The molecule has 6 heteroatoms. The van der Waals surface area contributed by atoms with Gasteiger partial charge < -0.3 is 20.1 Å². The highest BCUT2D eigenvalue weighted by Crippen LogP contribution is 2.23. The maximum Gasteiger partial charge on any atom is 0.223 e. The third-order valence-corrected chi connectivity index (χ3v) is 5.21. The molecule has 31 heavy (non-hydrogen) atoms. The summed E-state index contributed by atoms with van der Waals surface area (Å²) < 4.78 is 11.2. The van der Waals surface area contributed by atoms with E-state index in [-0.39, 0.29) is 35.0 Å². The summed E-state index contributed by atoms with van der Waals surface area (Å²) in [7, 11) is 0. The standard InChI is InChI=1S/C25H50N2O4/c1-18(2)20(23(29)27-21(19(3)4)22(28)24(5,6)7)12-11-14-30-16-17-31-15-13-26-25(8,9)10/h18-21,26H,11-17H2,1-10H3,(H,27,29)/t20-,21-/m1/s1. The number of hydrogen-bond acceptors (Lipinski definition) is 5. The Kier molecular flexibility index (Phi) is 13.8. The SMILES string of the molecule is CC(C)[C@@H](CCCOCCOCCNC(C)(C)C)C(=O)N[C@@H](C(=O)C(C)(C)C)C(C)C. The first-order valence-electron chi connectivity index (χ1n) is 11.9. The molecule has 0 spiro atoms. The van der Waals surface area contributed by atoms with Crippen LogP contribution in [0.1, 0.15) is 82.1 Å². The van der Waals surface area contributed by atoms with Crippen LogP contribution < -0.4 is 10.6 Å². The Hall–Kier alpha value is -0.980. The van der Waals surface area contributed by atoms with Crippen molar-refractivity contribution in [2.24, 2.45) is 23.2 Å². The Labute approximate surface area is 191 Å². The fourth-order valence-corrected chi connectivity index (χ4v) is 3.25. The lowest BCUT2D eigenvalue weighted by atomic mass is 9.81. The van der Waals surface area contributed by atoms with Gasteiger partial charge in [-0.3, -0.25) is 9.59 Å². The van der Waals surface area contributed by atoms with E-state index in [1.54, 1.807) is 0 Å². The predicted molar refractivity (Wildman–Crippen MR) is 128 cm³/mol. The lowest BCUT2D eigenvalue weighted by Gasteiger charge is -2.30. The highest BCUT2D eigenvalue weighted by molar-refractivity contribution is 5.93. The lowest BCUT2D eigenvalue weighted by molar-refractivity contribution is -0.135. The van der Waals surface area contributed by atoms with Crippen LogP contribution in [0.2, 0.25) is 0 Å². The molecule has 0 radical (unpaired) electrons. The minimum atomic E-state index is -0.478. The molecule has 2 atom stereocenters. The van der Waals surface area contributed by atoms with Crippen LogP contribution in [0.15, 0.2) is 0 Å². The molecule has 1 amide bonds. The summed E-state index contributed by atoms with van der Waals surface area (Å²) >= 11 is 0. The van der Waals surface area contributed by atoms with Gasteiger partial charge in [0.05, 0.1) is 25.9 Å². The second-order valence-electron chi connectivity index (χ2n) is 11.2. The van der Waals surface area contributed by atoms with E-state index in [1.807, 2.05) is 34.6 Å². The van der Waals surface area contributed by atoms with Crippen LogP contribution in [0.3, 0.4) is 0 Å². The Bertz CT molecular complexity index is 519. The molecule has 0 aliphatic carbocycles. The zero-order valence-electron chi connectivity index (χ0n) is 21.9. The number of carbonyl (C=O) groups is 2. The van der Waals surface area contributed by atoms with Crippen molar-refractivity contribution in [2.75, 3.05) is 33.0 Å². The van der Waals surface area contributed by atoms with Crippen LogP contribution in [0.4, 0.5) is 0 Å². The first kappa shape index (κ1) is 30.0. The largest absolute Gasteiger partial charge is 0.379 e. The second-order valence-corrected chi connectivity index (χ2v) is 11.2. The molecule has 0 aromatic rings. The van der Waals surface area contributed by atoms with Crippen molar-refractivity contribution in [3.05, 3.63) is 0 Å². The predicted octanol–water partition coefficient (Wildman–Crippen LogP) is 4.22. The molecular weight excluding hydrogens is 392 g/mol. The fraction of sp³-hybridized carbons (Fsp3) is 0.920. The average molecular weight is 443 g/mol. The number of hydrogen-bond donors (Lipinski definition) is 2. The van der Waals surface area contributed by atoms with Crippen molar-refractivity contribution in [1.82, 2.24) is 10.6 Å². The first-order valence-corrected chi connectivity index (χ1v) is 11.9. The van der Waals surface area contributed by atoms with Gasteiger partial charge in [0.25, 0.3) is 0 Å². The highest BCUT2D eigenvalue weighted by atomic mass is 16.5. The van der Waals surface area contributed by atoms with Gasteiger partial charge in [-0.05, 0) is 45.4 Å². The number of carbonyl (C=O) groups excluding carboxylic acids is 2. The molecule has 6 nitrogen and oxygen atoms in total. The molecular formula is C25H50N2O4. The Morgan fingerprint density at radius 1 is 0.806 bits per heavy atom. The van der Waals surface area contributed by atoms with Crippen molar-refractivity contribution in [1.29, 1.82) is 0 Å². The topological polar surface area (TPSA) is 76.7 Å². The van der Waals surface area contributed by atoms with Crippen LogP contribution in [-0.2, 0) is 19.1 Å². The molecule has 0 aromatic heterocycles. The number of Topliss-reactive ketones (excluding diaryl/α,β-unsaturated/α-hetero) is 1. The molecule has 0 bridgehead atoms. The summed E-state index contributed by atoms with van der Waals surface area (Å²) in [5.41, 5.74) is -0.372. The zero-order chi connectivity index (χ0) is 24.2. The molecule has 0 saturated heterocycles. The van der Waals surface area contributed by atoms with Crippen LogP contribution >= 0.6 is 0 Å². The molecule has 2 N–H and O–H groups in total. The monoisotopic (exact) mass is 442 g/mol. The number of rotatable bonds is 15. The van der Waals surface area contributed by atoms with Crippen molar-refractivity contribution >= 4 is 11.7 Å². The molecule has 0 unspecified atom stereocenters. The number of amides is 1. The normalized spacial score (nSPS) is 14.7. The molecule has 0 aromatic carbocycles. The van der Waals surface area contributed by atoms with E-state index >= 15 is 0 Å². The summed E-state index contributed by atoms with van der Waals surface area (Å²) in [4.78, 5) is 25.7. The van der Waals surface area contributed by atoms with Gasteiger partial charge in [-0.25, -0.2) is 0 Å². The third kappa shape index (κ3) is 13.9. The Balaban J connectivity index is 4.31. The van der Waals surface area contributed by atoms with E-state index in [9.17, 15) is 9.59 Å². The van der Waals surface area contributed by atoms with E-state index < -0.39 is 11.5 Å². The van der Waals surface area contributed by atoms with E-state index in [4.69, 9.17) is 9.47 Å². The summed E-state index contributed by atoms with van der Waals surface area (Å²) in [6.07, 6.45) is 1.55. The van der Waals surface area contributed by atoms with Crippen LogP contribution in [0.25, 0.3) is 0 Å². The molecule has 0 aliphatic rings. The van der Waals surface area contributed by atoms with E-state index in [0.717, 1.165) is 19.4 Å². The van der Waals surface area contributed by atoms with Crippen LogP contribution in [-0.4, -0.2) is 56.2 Å². The molecule has 0 aliphatic heterocycles. The Morgan fingerprint density at radius 3 is 1.81 bits per heavy atom. The van der Waals surface area contributed by atoms with Crippen molar-refractivity contribution in [3.63, 3.8) is 0 Å². The van der Waals surface area contributed by atoms with Crippen molar-refractivity contribution in [2.45, 2.75) is 93.7 Å². The Morgan fingerprint density at radius 2 is 1.35 bits per heavy atom. The third-order valence-electron chi connectivity index (χ3n) is 5.21. The minimum absolute atomic E-state index is 0.0269. The van der Waals surface area contributed by atoms with Gasteiger partial charge in [-0.1, -0.05) is 48.5 Å². The molecule has 0 saturated carbocycles. The number of ketones is 1. The molecule has 0 heterocycles. The van der Waals surface area contributed by atoms with Crippen LogP contribution in [0, 0.1) is 23.2 Å². The summed E-state index contributed by atoms with van der Waals surface area (Å²) in [6.45, 7) is 23.4. The second kappa shape index (κ2) is 14.2. The van der Waals surface area contributed by atoms with Gasteiger partial charge in [0.15, 0.2) is 5.78 Å². The van der Waals surface area contributed by atoms with Gasteiger partial charge in [-0.2, -0.15) is 0 Å². The molecule has 184 valence electrons. The number of nitrogens with one attached hydrogen (secondary N) is 2. The molecule has 0 rings (SSSR count).